The van der Waals surface area contributed by atoms with E-state index in [0.717, 1.165) is 5.56 Å². The van der Waals surface area contributed by atoms with Gasteiger partial charge >= 0.3 is 5.97 Å². The normalized spacial score (nSPS) is 11.8. The molecule has 0 aliphatic heterocycles. The lowest BCUT2D eigenvalue weighted by atomic mass is 9.98. The summed E-state index contributed by atoms with van der Waals surface area (Å²) in [6.07, 6.45) is 0.128. The Morgan fingerprint density at radius 3 is 2.61 bits per heavy atom. The monoisotopic (exact) mass is 402 g/mol. The fourth-order valence-corrected chi connectivity index (χ4v) is 3.00. The van der Waals surface area contributed by atoms with Gasteiger partial charge in [0.05, 0.1) is 12.1 Å². The molecule has 2 N–H and O–H groups in total. The number of carboxylic acids is 1. The van der Waals surface area contributed by atoms with Crippen LogP contribution in [0.4, 0.5) is 0 Å². The second kappa shape index (κ2) is 8.71. The van der Waals surface area contributed by atoms with E-state index >= 15 is 0 Å². The SMILES string of the molecule is COc1cc(CC(C(=O)O)c2nn[nH]n2)cc(Cl)c1OCc1ccc(C)cc1. The van der Waals surface area contributed by atoms with Gasteiger partial charge in [0.15, 0.2) is 17.3 Å². The number of H-pyrrole nitrogens is 1. The second-order valence-electron chi connectivity index (χ2n) is 6.25. The van der Waals surface area contributed by atoms with Crippen LogP contribution in [-0.2, 0) is 17.8 Å². The minimum absolute atomic E-state index is 0.0993. The van der Waals surface area contributed by atoms with Crippen LogP contribution in [0, 0.1) is 6.92 Å². The van der Waals surface area contributed by atoms with Crippen LogP contribution in [0.5, 0.6) is 11.5 Å². The van der Waals surface area contributed by atoms with Crippen LogP contribution in [0.1, 0.15) is 28.4 Å². The fourth-order valence-electron chi connectivity index (χ4n) is 2.71. The molecule has 0 aliphatic rings. The number of hydrogen-bond donors (Lipinski definition) is 2. The third kappa shape index (κ3) is 4.58. The number of tetrazole rings is 1. The third-order valence-corrected chi connectivity index (χ3v) is 4.49. The number of carbonyl (C=O) groups is 1. The van der Waals surface area contributed by atoms with Crippen LogP contribution in [0.2, 0.25) is 5.02 Å². The summed E-state index contributed by atoms with van der Waals surface area (Å²) in [5.41, 5.74) is 2.82. The van der Waals surface area contributed by atoms with Crippen LogP contribution in [0.25, 0.3) is 0 Å². The summed E-state index contributed by atoms with van der Waals surface area (Å²) < 4.78 is 11.3. The molecule has 1 unspecified atom stereocenters. The lowest BCUT2D eigenvalue weighted by Gasteiger charge is -2.15. The van der Waals surface area contributed by atoms with E-state index in [1.54, 1.807) is 12.1 Å². The van der Waals surface area contributed by atoms with Crippen molar-refractivity contribution in [1.29, 1.82) is 0 Å². The highest BCUT2D eigenvalue weighted by molar-refractivity contribution is 6.32. The number of aromatic amines is 1. The van der Waals surface area contributed by atoms with Crippen molar-refractivity contribution in [3.8, 4) is 11.5 Å². The number of aromatic nitrogens is 4. The maximum atomic E-state index is 11.6. The molecule has 28 heavy (non-hydrogen) atoms. The third-order valence-electron chi connectivity index (χ3n) is 4.20. The Bertz CT molecular complexity index is 945. The molecule has 1 aromatic heterocycles. The van der Waals surface area contributed by atoms with Gasteiger partial charge in [0.1, 0.15) is 12.5 Å². The Morgan fingerprint density at radius 1 is 1.25 bits per heavy atom. The van der Waals surface area contributed by atoms with E-state index < -0.39 is 11.9 Å². The number of ether oxygens (including phenoxy) is 2. The van der Waals surface area contributed by atoms with E-state index in [1.807, 2.05) is 31.2 Å². The summed E-state index contributed by atoms with van der Waals surface area (Å²) in [4.78, 5) is 11.6. The quantitative estimate of drug-likeness (QED) is 0.595. The number of hydrogen-bond acceptors (Lipinski definition) is 6. The maximum Gasteiger partial charge on any atom is 0.314 e. The first-order valence-electron chi connectivity index (χ1n) is 8.49. The van der Waals surface area contributed by atoms with Crippen LogP contribution in [0.3, 0.4) is 0 Å². The van der Waals surface area contributed by atoms with Crippen LogP contribution >= 0.6 is 11.6 Å². The summed E-state index contributed by atoms with van der Waals surface area (Å²) in [6.45, 7) is 2.35. The molecule has 2 aromatic carbocycles. The summed E-state index contributed by atoms with van der Waals surface area (Å²) >= 11 is 6.39. The fraction of sp³-hybridized carbons (Fsp3) is 0.263. The van der Waals surface area contributed by atoms with Gasteiger partial charge in [-0.2, -0.15) is 5.21 Å². The smallest absolute Gasteiger partial charge is 0.314 e. The number of methoxy groups -OCH3 is 1. The first kappa shape index (κ1) is 19.6. The number of aliphatic carboxylic acids is 1. The maximum absolute atomic E-state index is 11.6. The van der Waals surface area contributed by atoms with Gasteiger partial charge in [-0.1, -0.05) is 46.6 Å². The first-order chi connectivity index (χ1) is 13.5. The predicted octanol–water partition coefficient (Wildman–Crippen LogP) is 3.16. The highest BCUT2D eigenvalue weighted by atomic mass is 35.5. The molecule has 0 bridgehead atoms. The molecule has 0 saturated carbocycles. The Kier molecular flexibility index (Phi) is 6.10. The zero-order valence-electron chi connectivity index (χ0n) is 15.3. The van der Waals surface area contributed by atoms with Gasteiger partial charge in [-0.15, -0.1) is 10.2 Å². The summed E-state index contributed by atoms with van der Waals surface area (Å²) in [5.74, 6) is -1.09. The van der Waals surface area contributed by atoms with Crippen molar-refractivity contribution in [3.63, 3.8) is 0 Å². The van der Waals surface area contributed by atoms with E-state index in [-0.39, 0.29) is 12.2 Å². The molecule has 0 saturated heterocycles. The average Bonchev–Trinajstić information content (AvgIpc) is 3.20. The summed E-state index contributed by atoms with van der Waals surface area (Å²) in [6, 6.07) is 11.3. The van der Waals surface area contributed by atoms with Crippen molar-refractivity contribution >= 4 is 17.6 Å². The van der Waals surface area contributed by atoms with Crippen LogP contribution < -0.4 is 9.47 Å². The van der Waals surface area contributed by atoms with E-state index in [0.29, 0.717) is 28.7 Å². The number of nitrogens with one attached hydrogen (secondary N) is 1. The molecule has 9 heteroatoms. The molecule has 8 nitrogen and oxygen atoms in total. The molecular formula is C19H19ClN4O4. The average molecular weight is 403 g/mol. The van der Waals surface area contributed by atoms with Gasteiger partial charge in [-0.05, 0) is 36.6 Å². The molecule has 3 rings (SSSR count). The van der Waals surface area contributed by atoms with Crippen molar-refractivity contribution in [2.75, 3.05) is 7.11 Å². The number of aryl methyl sites for hydroxylation is 1. The lowest BCUT2D eigenvalue weighted by Crippen LogP contribution is -2.16. The van der Waals surface area contributed by atoms with Crippen molar-refractivity contribution in [2.45, 2.75) is 25.9 Å². The lowest BCUT2D eigenvalue weighted by molar-refractivity contribution is -0.139. The predicted molar refractivity (Wildman–Crippen MR) is 102 cm³/mol. The molecule has 0 amide bonds. The Balaban J connectivity index is 1.80. The van der Waals surface area contributed by atoms with Crippen molar-refractivity contribution in [3.05, 3.63) is 63.9 Å². The molecule has 146 valence electrons. The van der Waals surface area contributed by atoms with E-state index in [1.165, 1.54) is 12.7 Å². The molecular weight excluding hydrogens is 384 g/mol. The van der Waals surface area contributed by atoms with Crippen molar-refractivity contribution in [2.24, 2.45) is 0 Å². The molecule has 3 aromatic rings. The summed E-state index contributed by atoms with van der Waals surface area (Å²) in [5, 5.41) is 23.0. The van der Waals surface area contributed by atoms with E-state index in [2.05, 4.69) is 20.6 Å². The topological polar surface area (TPSA) is 110 Å². The Labute approximate surface area is 166 Å². The molecule has 0 aliphatic carbocycles. The second-order valence-corrected chi connectivity index (χ2v) is 6.66. The molecule has 0 fully saturated rings. The van der Waals surface area contributed by atoms with Crippen LogP contribution in [-0.4, -0.2) is 38.8 Å². The summed E-state index contributed by atoms with van der Waals surface area (Å²) in [7, 11) is 1.50. The zero-order valence-corrected chi connectivity index (χ0v) is 16.1. The van der Waals surface area contributed by atoms with Crippen molar-refractivity contribution < 1.29 is 19.4 Å². The van der Waals surface area contributed by atoms with E-state index in [9.17, 15) is 9.90 Å². The Hall–Kier alpha value is -3.13. The zero-order chi connectivity index (χ0) is 20.1. The number of benzene rings is 2. The molecule has 0 spiro atoms. The largest absolute Gasteiger partial charge is 0.493 e. The highest BCUT2D eigenvalue weighted by Gasteiger charge is 2.26. The first-order valence-corrected chi connectivity index (χ1v) is 8.86. The number of nitrogens with zero attached hydrogens (tertiary/aromatic N) is 3. The minimum atomic E-state index is -1.06. The van der Waals surface area contributed by atoms with Crippen LogP contribution in [0.15, 0.2) is 36.4 Å². The number of halogens is 1. The van der Waals surface area contributed by atoms with Gasteiger partial charge in [0.25, 0.3) is 0 Å². The van der Waals surface area contributed by atoms with Gasteiger partial charge in [0.2, 0.25) is 0 Å². The Morgan fingerprint density at radius 2 is 2.00 bits per heavy atom. The van der Waals surface area contributed by atoms with E-state index in [4.69, 9.17) is 21.1 Å². The van der Waals surface area contributed by atoms with Gasteiger partial charge < -0.3 is 14.6 Å². The molecule has 0 radical (unpaired) electrons. The van der Waals surface area contributed by atoms with Crippen molar-refractivity contribution in [1.82, 2.24) is 20.6 Å². The van der Waals surface area contributed by atoms with Gasteiger partial charge in [-0.25, -0.2) is 0 Å². The van der Waals surface area contributed by atoms with Gasteiger partial charge in [-0.3, -0.25) is 4.79 Å². The number of rotatable bonds is 8. The molecule has 1 heterocycles. The molecule has 1 atom stereocenters. The standard InChI is InChI=1S/C19H19ClN4O4/c1-11-3-5-12(6-4-11)10-28-17-15(20)8-13(9-16(17)27-2)7-14(19(25)26)18-21-23-24-22-18/h3-6,8-9,14H,7,10H2,1-2H3,(H,25,26)(H,21,22,23,24). The highest BCUT2D eigenvalue weighted by Crippen LogP contribution is 2.38. The van der Waals surface area contributed by atoms with Gasteiger partial charge in [0, 0.05) is 0 Å². The minimum Gasteiger partial charge on any atom is -0.493 e. The number of carboxylic acid groups (broad SMARTS) is 1.